The van der Waals surface area contributed by atoms with E-state index in [2.05, 4.69) is 10.4 Å². The summed E-state index contributed by atoms with van der Waals surface area (Å²) in [5.41, 5.74) is 0.759. The summed E-state index contributed by atoms with van der Waals surface area (Å²) in [6, 6.07) is 4.90. The maximum absolute atomic E-state index is 12.9. The average molecular weight is 255 g/mol. The van der Waals surface area contributed by atoms with E-state index in [4.69, 9.17) is 0 Å². The monoisotopic (exact) mass is 255 g/mol. The van der Waals surface area contributed by atoms with Gasteiger partial charge in [0, 0.05) is 12.6 Å². The standard InChI is InChI=1S/C11H11F2N3S/c12-11(13)8-3-4-14-10-6-7(15-16(8)10)9-2-1-5-17-9/h1-2,5-6,8,11,14H,3-4H2. The Bertz CT molecular complexity index is 507. The van der Waals surface area contributed by atoms with Gasteiger partial charge in [-0.25, -0.2) is 13.5 Å². The molecule has 0 amide bonds. The van der Waals surface area contributed by atoms with Gasteiger partial charge >= 0.3 is 0 Å². The normalized spacial score (nSPS) is 19.1. The molecule has 90 valence electrons. The molecule has 0 radical (unpaired) electrons. The predicted molar refractivity (Wildman–Crippen MR) is 63.7 cm³/mol. The van der Waals surface area contributed by atoms with Crippen LogP contribution >= 0.6 is 11.3 Å². The molecule has 0 aliphatic carbocycles. The maximum atomic E-state index is 12.9. The second kappa shape index (κ2) is 4.10. The Kier molecular flexibility index (Phi) is 2.58. The third-order valence-electron chi connectivity index (χ3n) is 2.86. The molecule has 1 aliphatic rings. The van der Waals surface area contributed by atoms with Crippen molar-refractivity contribution in [1.29, 1.82) is 0 Å². The predicted octanol–water partition coefficient (Wildman–Crippen LogP) is 3.23. The Balaban J connectivity index is 2.01. The highest BCUT2D eigenvalue weighted by molar-refractivity contribution is 7.13. The van der Waals surface area contributed by atoms with Crippen molar-refractivity contribution in [2.75, 3.05) is 11.9 Å². The number of alkyl halides is 2. The lowest BCUT2D eigenvalue weighted by Gasteiger charge is -2.24. The number of anilines is 1. The molecule has 2 aromatic rings. The topological polar surface area (TPSA) is 29.9 Å². The molecule has 1 unspecified atom stereocenters. The van der Waals surface area contributed by atoms with E-state index >= 15 is 0 Å². The number of halogens is 2. The van der Waals surface area contributed by atoms with Crippen molar-refractivity contribution in [1.82, 2.24) is 9.78 Å². The van der Waals surface area contributed by atoms with Gasteiger partial charge in [0.15, 0.2) is 0 Å². The van der Waals surface area contributed by atoms with E-state index in [9.17, 15) is 8.78 Å². The number of aromatic nitrogens is 2. The summed E-state index contributed by atoms with van der Waals surface area (Å²) in [5.74, 6) is 0.685. The number of fused-ring (bicyclic) bond motifs is 1. The van der Waals surface area contributed by atoms with Gasteiger partial charge in [-0.1, -0.05) is 6.07 Å². The van der Waals surface area contributed by atoms with Crippen molar-refractivity contribution in [2.45, 2.75) is 18.9 Å². The van der Waals surface area contributed by atoms with E-state index in [-0.39, 0.29) is 0 Å². The van der Waals surface area contributed by atoms with Gasteiger partial charge in [0.25, 0.3) is 6.43 Å². The Morgan fingerprint density at radius 3 is 3.12 bits per heavy atom. The molecule has 3 rings (SSSR count). The fraction of sp³-hybridized carbons (Fsp3) is 0.364. The zero-order valence-electron chi connectivity index (χ0n) is 8.94. The van der Waals surface area contributed by atoms with Crippen LogP contribution in [0.2, 0.25) is 0 Å². The number of hydrogen-bond acceptors (Lipinski definition) is 3. The van der Waals surface area contributed by atoms with Gasteiger partial charge in [-0.2, -0.15) is 5.10 Å². The molecule has 0 fully saturated rings. The molecule has 0 saturated heterocycles. The minimum absolute atomic E-state index is 0.413. The number of nitrogens with zero attached hydrogens (tertiary/aromatic N) is 2. The molecule has 0 spiro atoms. The molecule has 1 N–H and O–H groups in total. The lowest BCUT2D eigenvalue weighted by Crippen LogP contribution is -2.28. The zero-order valence-corrected chi connectivity index (χ0v) is 9.75. The molecule has 3 heterocycles. The van der Waals surface area contributed by atoms with E-state index in [1.165, 1.54) is 4.68 Å². The highest BCUT2D eigenvalue weighted by atomic mass is 32.1. The quantitative estimate of drug-likeness (QED) is 0.892. The van der Waals surface area contributed by atoms with Crippen LogP contribution in [0.25, 0.3) is 10.6 Å². The van der Waals surface area contributed by atoms with Crippen LogP contribution in [-0.4, -0.2) is 22.8 Å². The lowest BCUT2D eigenvalue weighted by molar-refractivity contribution is 0.0716. The molecule has 3 nitrogen and oxygen atoms in total. The summed E-state index contributed by atoms with van der Waals surface area (Å²) < 4.78 is 27.1. The number of rotatable bonds is 2. The second-order valence-electron chi connectivity index (χ2n) is 3.95. The SMILES string of the molecule is FC(F)C1CCNc2cc(-c3cccs3)nn21. The van der Waals surface area contributed by atoms with Crippen LogP contribution in [0, 0.1) is 0 Å². The van der Waals surface area contributed by atoms with Crippen LogP contribution in [0.5, 0.6) is 0 Å². The van der Waals surface area contributed by atoms with E-state index in [0.717, 1.165) is 10.6 Å². The minimum Gasteiger partial charge on any atom is -0.370 e. The molecular weight excluding hydrogens is 244 g/mol. The fourth-order valence-corrected chi connectivity index (χ4v) is 2.71. The fourth-order valence-electron chi connectivity index (χ4n) is 2.03. The van der Waals surface area contributed by atoms with Crippen LogP contribution in [0.4, 0.5) is 14.6 Å². The first-order chi connectivity index (χ1) is 8.25. The summed E-state index contributed by atoms with van der Waals surface area (Å²) in [6.45, 7) is 0.574. The van der Waals surface area contributed by atoms with Gasteiger partial charge in [0.1, 0.15) is 17.6 Å². The van der Waals surface area contributed by atoms with E-state index in [1.807, 2.05) is 23.6 Å². The lowest BCUT2D eigenvalue weighted by atomic mass is 10.2. The largest absolute Gasteiger partial charge is 0.370 e. The zero-order chi connectivity index (χ0) is 11.8. The van der Waals surface area contributed by atoms with Gasteiger partial charge in [-0.3, -0.25) is 0 Å². The Morgan fingerprint density at radius 2 is 2.41 bits per heavy atom. The highest BCUT2D eigenvalue weighted by Crippen LogP contribution is 2.33. The summed E-state index contributed by atoms with van der Waals surface area (Å²) in [5, 5.41) is 9.33. The van der Waals surface area contributed by atoms with Crippen molar-refractivity contribution >= 4 is 17.2 Å². The van der Waals surface area contributed by atoms with Gasteiger partial charge in [0.05, 0.1) is 4.88 Å². The van der Waals surface area contributed by atoms with Crippen LogP contribution in [-0.2, 0) is 0 Å². The van der Waals surface area contributed by atoms with Crippen molar-refractivity contribution in [3.63, 3.8) is 0 Å². The van der Waals surface area contributed by atoms with E-state index < -0.39 is 12.5 Å². The molecular formula is C11H11F2N3S. The minimum atomic E-state index is -2.37. The molecule has 1 aliphatic heterocycles. The van der Waals surface area contributed by atoms with Crippen LogP contribution < -0.4 is 5.32 Å². The second-order valence-corrected chi connectivity index (χ2v) is 4.90. The first-order valence-electron chi connectivity index (χ1n) is 5.41. The summed E-state index contributed by atoms with van der Waals surface area (Å²) in [6.07, 6.45) is -1.96. The van der Waals surface area contributed by atoms with Crippen LogP contribution in [0.1, 0.15) is 12.5 Å². The van der Waals surface area contributed by atoms with Crippen molar-refractivity contribution in [3.8, 4) is 10.6 Å². The highest BCUT2D eigenvalue weighted by Gasteiger charge is 2.29. The molecule has 0 saturated carbocycles. The van der Waals surface area contributed by atoms with Gasteiger partial charge in [-0.05, 0) is 17.9 Å². The van der Waals surface area contributed by atoms with Gasteiger partial charge < -0.3 is 5.32 Å². The van der Waals surface area contributed by atoms with Crippen LogP contribution in [0.3, 0.4) is 0 Å². The smallest absolute Gasteiger partial charge is 0.260 e. The first-order valence-corrected chi connectivity index (χ1v) is 6.29. The Labute approximate surface area is 101 Å². The van der Waals surface area contributed by atoms with Crippen molar-refractivity contribution in [2.24, 2.45) is 0 Å². The molecule has 0 bridgehead atoms. The third kappa shape index (κ3) is 1.82. The molecule has 17 heavy (non-hydrogen) atoms. The molecule has 1 atom stereocenters. The number of thiophene rings is 1. The maximum Gasteiger partial charge on any atom is 0.260 e. The summed E-state index contributed by atoms with van der Waals surface area (Å²) in [4.78, 5) is 1.00. The molecule has 2 aromatic heterocycles. The Hall–Kier alpha value is -1.43. The first kappa shape index (κ1) is 10.7. The van der Waals surface area contributed by atoms with Crippen molar-refractivity contribution in [3.05, 3.63) is 23.6 Å². The van der Waals surface area contributed by atoms with Crippen molar-refractivity contribution < 1.29 is 8.78 Å². The Morgan fingerprint density at radius 1 is 1.53 bits per heavy atom. The van der Waals surface area contributed by atoms with E-state index in [0.29, 0.717) is 18.8 Å². The van der Waals surface area contributed by atoms with Gasteiger partial charge in [0.2, 0.25) is 0 Å². The van der Waals surface area contributed by atoms with Crippen LogP contribution in [0.15, 0.2) is 23.6 Å². The third-order valence-corrected chi connectivity index (χ3v) is 3.75. The summed E-state index contributed by atoms with van der Waals surface area (Å²) >= 11 is 1.56. The van der Waals surface area contributed by atoms with E-state index in [1.54, 1.807) is 11.3 Å². The number of hydrogen-bond donors (Lipinski definition) is 1. The molecule has 0 aromatic carbocycles. The number of nitrogens with one attached hydrogen (secondary N) is 1. The molecule has 6 heteroatoms. The average Bonchev–Trinajstić information content (AvgIpc) is 2.96. The summed E-state index contributed by atoms with van der Waals surface area (Å²) in [7, 11) is 0. The van der Waals surface area contributed by atoms with Gasteiger partial charge in [-0.15, -0.1) is 11.3 Å².